The van der Waals surface area contributed by atoms with Crippen LogP contribution in [-0.2, 0) is 4.79 Å². The number of nitrogens with zero attached hydrogens (tertiary/aromatic N) is 2. The van der Waals surface area contributed by atoms with E-state index in [0.29, 0.717) is 11.3 Å². The molecule has 24 heavy (non-hydrogen) atoms. The zero-order valence-corrected chi connectivity index (χ0v) is 14.3. The molecular weight excluding hydrogens is 378 g/mol. The first kappa shape index (κ1) is 17.6. The van der Waals surface area contributed by atoms with E-state index in [1.54, 1.807) is 43.3 Å². The Balaban J connectivity index is 1.95. The summed E-state index contributed by atoms with van der Waals surface area (Å²) in [6.07, 6.45) is 0.455. The third-order valence-corrected chi connectivity index (χ3v) is 3.54. The smallest absolute Gasteiger partial charge is 0.280 e. The number of carbonyl (C=O) groups is 1. The Kier molecular flexibility index (Phi) is 6.02. The molecule has 7 nitrogen and oxygen atoms in total. The van der Waals surface area contributed by atoms with Gasteiger partial charge in [0.15, 0.2) is 6.10 Å². The van der Waals surface area contributed by atoms with E-state index in [1.807, 2.05) is 0 Å². The molecule has 0 bridgehead atoms. The monoisotopic (exact) mass is 391 g/mol. The maximum absolute atomic E-state index is 11.9. The van der Waals surface area contributed by atoms with E-state index in [-0.39, 0.29) is 5.69 Å². The Morgan fingerprint density at radius 1 is 1.29 bits per heavy atom. The molecule has 0 heterocycles. The number of hydrogen-bond donors (Lipinski definition) is 1. The lowest BCUT2D eigenvalue weighted by atomic mass is 10.2. The molecule has 8 heteroatoms. The highest BCUT2D eigenvalue weighted by atomic mass is 79.9. The molecule has 2 aromatic rings. The van der Waals surface area contributed by atoms with Gasteiger partial charge in [-0.15, -0.1) is 0 Å². The van der Waals surface area contributed by atoms with Crippen LogP contribution in [0.3, 0.4) is 0 Å². The van der Waals surface area contributed by atoms with Crippen LogP contribution in [0.2, 0.25) is 0 Å². The fraction of sp³-hybridized carbons (Fsp3) is 0.125. The standard InChI is InChI=1S/C16H14BrN3O4/c1-11(24-14-8-6-13(17)7-9-14)16(21)19-18-10-12-4-2-3-5-15(12)20(22)23/h2-11H,1H3,(H,19,21)/b18-10-/t11-/m0/s1. The average molecular weight is 392 g/mol. The van der Waals surface area contributed by atoms with Gasteiger partial charge in [-0.3, -0.25) is 14.9 Å². The van der Waals surface area contributed by atoms with Crippen LogP contribution in [0.15, 0.2) is 58.1 Å². The van der Waals surface area contributed by atoms with E-state index < -0.39 is 16.9 Å². The Labute approximate surface area is 146 Å². The largest absolute Gasteiger partial charge is 0.481 e. The molecule has 2 rings (SSSR count). The van der Waals surface area contributed by atoms with Crippen molar-refractivity contribution in [3.8, 4) is 5.75 Å². The summed E-state index contributed by atoms with van der Waals surface area (Å²) in [5, 5.41) is 14.6. The van der Waals surface area contributed by atoms with E-state index in [4.69, 9.17) is 4.74 Å². The first-order valence-electron chi connectivity index (χ1n) is 6.96. The number of carbonyl (C=O) groups excluding carboxylic acids is 1. The van der Waals surface area contributed by atoms with Gasteiger partial charge in [-0.25, -0.2) is 5.43 Å². The second kappa shape index (κ2) is 8.21. The summed E-state index contributed by atoms with van der Waals surface area (Å²) in [6, 6.07) is 13.2. The summed E-state index contributed by atoms with van der Waals surface area (Å²) in [4.78, 5) is 22.3. The maximum Gasteiger partial charge on any atom is 0.280 e. The molecular formula is C16H14BrN3O4. The van der Waals surface area contributed by atoms with Gasteiger partial charge in [0.25, 0.3) is 11.6 Å². The van der Waals surface area contributed by atoms with Gasteiger partial charge in [0.05, 0.1) is 16.7 Å². The predicted octanol–water partition coefficient (Wildman–Crippen LogP) is 3.27. The fourth-order valence-corrected chi connectivity index (χ4v) is 2.05. The first-order chi connectivity index (χ1) is 11.5. The van der Waals surface area contributed by atoms with Gasteiger partial charge in [0.2, 0.25) is 0 Å². The van der Waals surface area contributed by atoms with Crippen LogP contribution in [0.5, 0.6) is 5.75 Å². The van der Waals surface area contributed by atoms with Gasteiger partial charge in [0, 0.05) is 10.5 Å². The number of halogens is 1. The molecule has 2 aromatic carbocycles. The van der Waals surface area contributed by atoms with Crippen LogP contribution in [0.4, 0.5) is 5.69 Å². The van der Waals surface area contributed by atoms with Crippen molar-refractivity contribution < 1.29 is 14.5 Å². The van der Waals surface area contributed by atoms with Crippen molar-refractivity contribution in [2.45, 2.75) is 13.0 Å². The summed E-state index contributed by atoms with van der Waals surface area (Å²) in [7, 11) is 0. The number of benzene rings is 2. The van der Waals surface area contributed by atoms with E-state index in [9.17, 15) is 14.9 Å². The molecule has 0 aromatic heterocycles. The lowest BCUT2D eigenvalue weighted by Crippen LogP contribution is -2.33. The Bertz CT molecular complexity index is 762. The van der Waals surface area contributed by atoms with E-state index in [2.05, 4.69) is 26.5 Å². The van der Waals surface area contributed by atoms with Crippen LogP contribution < -0.4 is 10.2 Å². The molecule has 0 aliphatic rings. The number of nitro benzene ring substituents is 1. The molecule has 1 atom stereocenters. The van der Waals surface area contributed by atoms with Crippen LogP contribution in [0.25, 0.3) is 0 Å². The van der Waals surface area contributed by atoms with Crippen molar-refractivity contribution in [3.63, 3.8) is 0 Å². The van der Waals surface area contributed by atoms with Gasteiger partial charge < -0.3 is 4.74 Å². The molecule has 0 radical (unpaired) electrons. The normalized spacial score (nSPS) is 11.9. The summed E-state index contributed by atoms with van der Waals surface area (Å²) >= 11 is 3.31. The maximum atomic E-state index is 11.9. The zero-order valence-electron chi connectivity index (χ0n) is 12.7. The van der Waals surface area contributed by atoms with Gasteiger partial charge >= 0.3 is 0 Å². The Morgan fingerprint density at radius 2 is 1.96 bits per heavy atom. The summed E-state index contributed by atoms with van der Waals surface area (Å²) in [6.45, 7) is 1.58. The molecule has 0 unspecified atom stereocenters. The van der Waals surface area contributed by atoms with Gasteiger partial charge in [-0.2, -0.15) is 5.10 Å². The number of rotatable bonds is 6. The van der Waals surface area contributed by atoms with E-state index >= 15 is 0 Å². The lowest BCUT2D eigenvalue weighted by Gasteiger charge is -2.12. The van der Waals surface area contributed by atoms with Gasteiger partial charge in [-0.05, 0) is 37.3 Å². The van der Waals surface area contributed by atoms with Crippen LogP contribution in [-0.4, -0.2) is 23.1 Å². The predicted molar refractivity (Wildman–Crippen MR) is 93.1 cm³/mol. The second-order valence-corrected chi connectivity index (χ2v) is 5.68. The van der Waals surface area contributed by atoms with E-state index in [0.717, 1.165) is 4.47 Å². The quantitative estimate of drug-likeness (QED) is 0.464. The van der Waals surface area contributed by atoms with Crippen LogP contribution >= 0.6 is 15.9 Å². The van der Waals surface area contributed by atoms with Crippen molar-refractivity contribution in [1.29, 1.82) is 0 Å². The molecule has 1 amide bonds. The lowest BCUT2D eigenvalue weighted by molar-refractivity contribution is -0.385. The zero-order chi connectivity index (χ0) is 17.5. The molecule has 0 spiro atoms. The van der Waals surface area contributed by atoms with Crippen molar-refractivity contribution in [1.82, 2.24) is 5.43 Å². The highest BCUT2D eigenvalue weighted by molar-refractivity contribution is 9.10. The Morgan fingerprint density at radius 3 is 2.62 bits per heavy atom. The topological polar surface area (TPSA) is 93.8 Å². The average Bonchev–Trinajstić information content (AvgIpc) is 2.57. The summed E-state index contributed by atoms with van der Waals surface area (Å²) in [5.41, 5.74) is 2.51. The number of amides is 1. The summed E-state index contributed by atoms with van der Waals surface area (Å²) < 4.78 is 6.38. The number of hydrogen-bond acceptors (Lipinski definition) is 5. The van der Waals surface area contributed by atoms with Gasteiger partial charge in [0.1, 0.15) is 5.75 Å². The molecule has 0 saturated carbocycles. The van der Waals surface area contributed by atoms with Crippen LogP contribution in [0.1, 0.15) is 12.5 Å². The van der Waals surface area contributed by atoms with Crippen molar-refractivity contribution in [2.75, 3.05) is 0 Å². The van der Waals surface area contributed by atoms with Crippen molar-refractivity contribution in [2.24, 2.45) is 5.10 Å². The molecule has 124 valence electrons. The number of para-hydroxylation sites is 1. The molecule has 0 saturated heterocycles. The minimum Gasteiger partial charge on any atom is -0.481 e. The van der Waals surface area contributed by atoms with Crippen LogP contribution in [0, 0.1) is 10.1 Å². The molecule has 0 aliphatic heterocycles. The van der Waals surface area contributed by atoms with Gasteiger partial charge in [-0.1, -0.05) is 28.1 Å². The highest BCUT2D eigenvalue weighted by Crippen LogP contribution is 2.17. The molecule has 0 aliphatic carbocycles. The number of nitrogens with one attached hydrogen (secondary N) is 1. The van der Waals surface area contributed by atoms with Crippen molar-refractivity contribution in [3.05, 3.63) is 68.7 Å². The highest BCUT2D eigenvalue weighted by Gasteiger charge is 2.14. The number of ether oxygens (including phenoxy) is 1. The molecule has 0 fully saturated rings. The van der Waals surface area contributed by atoms with E-state index in [1.165, 1.54) is 18.3 Å². The minimum atomic E-state index is -0.769. The third-order valence-electron chi connectivity index (χ3n) is 3.01. The van der Waals surface area contributed by atoms with Crippen molar-refractivity contribution >= 4 is 33.7 Å². The Hall–Kier alpha value is -2.74. The summed E-state index contributed by atoms with van der Waals surface area (Å²) in [5.74, 6) is 0.0799. The fourth-order valence-electron chi connectivity index (χ4n) is 1.79. The SMILES string of the molecule is C[C@H](Oc1ccc(Br)cc1)C(=O)N/N=C\c1ccccc1[N+](=O)[O-]. The number of nitro groups is 1. The molecule has 1 N–H and O–H groups in total. The number of hydrazone groups is 1. The second-order valence-electron chi connectivity index (χ2n) is 4.76. The third kappa shape index (κ3) is 4.88. The first-order valence-corrected chi connectivity index (χ1v) is 7.75. The minimum absolute atomic E-state index is 0.0883.